The molecule has 3 atom stereocenters. The zero-order valence-corrected chi connectivity index (χ0v) is 14.6. The number of fused-ring (bicyclic) bond motifs is 1. The first-order valence-corrected chi connectivity index (χ1v) is 8.50. The Bertz CT molecular complexity index is 1050. The Morgan fingerprint density at radius 3 is 2.89 bits per heavy atom. The second-order valence-electron chi connectivity index (χ2n) is 6.04. The molecule has 27 heavy (non-hydrogen) atoms. The van der Waals surface area contributed by atoms with E-state index in [-0.39, 0.29) is 36.2 Å². The largest absolute Gasteiger partial charge is 0.424 e. The van der Waals surface area contributed by atoms with E-state index in [4.69, 9.17) is 26.8 Å². The van der Waals surface area contributed by atoms with E-state index in [1.807, 2.05) is 0 Å². The van der Waals surface area contributed by atoms with Crippen molar-refractivity contribution in [3.63, 3.8) is 0 Å². The van der Waals surface area contributed by atoms with E-state index < -0.39 is 24.0 Å². The number of rotatable bonds is 4. The summed E-state index contributed by atoms with van der Waals surface area (Å²) in [5.41, 5.74) is 5.25. The third kappa shape index (κ3) is 3.12. The van der Waals surface area contributed by atoms with Crippen LogP contribution in [0.3, 0.4) is 0 Å². The second-order valence-corrected chi connectivity index (χ2v) is 6.44. The van der Waals surface area contributed by atoms with Crippen molar-refractivity contribution >= 4 is 28.7 Å². The first kappa shape index (κ1) is 17.7. The van der Waals surface area contributed by atoms with E-state index >= 15 is 0 Å². The minimum atomic E-state index is -0.898. The van der Waals surface area contributed by atoms with Gasteiger partial charge in [0.2, 0.25) is 5.95 Å². The zero-order chi connectivity index (χ0) is 19.1. The molecule has 3 aromatic rings. The van der Waals surface area contributed by atoms with E-state index in [0.29, 0.717) is 10.8 Å². The van der Waals surface area contributed by atoms with Gasteiger partial charge in [-0.2, -0.15) is 9.97 Å². The maximum atomic E-state index is 12.2. The fourth-order valence-electron chi connectivity index (χ4n) is 2.98. The van der Waals surface area contributed by atoms with Crippen LogP contribution >= 0.6 is 11.6 Å². The van der Waals surface area contributed by atoms with Crippen LogP contribution in [0.1, 0.15) is 12.6 Å². The van der Waals surface area contributed by atoms with E-state index in [1.54, 1.807) is 24.3 Å². The molecular formula is C16H16ClN5O5. The molecule has 0 saturated carbocycles. The molecule has 3 heterocycles. The number of ether oxygens (including phenoxy) is 2. The van der Waals surface area contributed by atoms with Gasteiger partial charge in [-0.1, -0.05) is 23.7 Å². The van der Waals surface area contributed by atoms with Crippen LogP contribution in [-0.2, 0) is 4.74 Å². The SMILES string of the molecule is Nc1nc2c(nc(Oc3ccccc3Cl)n2[C@H]2C[C@H](O)[C@@H](CO)O2)c(=O)[nH]1. The third-order valence-electron chi connectivity index (χ3n) is 4.25. The summed E-state index contributed by atoms with van der Waals surface area (Å²) >= 11 is 6.14. The van der Waals surface area contributed by atoms with Crippen LogP contribution in [-0.4, -0.2) is 48.5 Å². The first-order chi connectivity index (χ1) is 13.0. The fourth-order valence-corrected chi connectivity index (χ4v) is 3.15. The lowest BCUT2D eigenvalue weighted by Crippen LogP contribution is -2.24. The number of nitrogens with one attached hydrogen (secondary N) is 1. The number of hydrogen-bond acceptors (Lipinski definition) is 8. The number of nitrogens with two attached hydrogens (primary N) is 1. The molecule has 11 heteroatoms. The van der Waals surface area contributed by atoms with Gasteiger partial charge in [0.05, 0.1) is 17.7 Å². The predicted molar refractivity (Wildman–Crippen MR) is 95.7 cm³/mol. The van der Waals surface area contributed by atoms with Crippen LogP contribution in [0, 0.1) is 0 Å². The maximum absolute atomic E-state index is 12.2. The molecule has 0 spiro atoms. The molecule has 0 bridgehead atoms. The summed E-state index contributed by atoms with van der Waals surface area (Å²) in [7, 11) is 0. The number of benzene rings is 1. The van der Waals surface area contributed by atoms with Crippen molar-refractivity contribution in [3.05, 3.63) is 39.6 Å². The van der Waals surface area contributed by atoms with Gasteiger partial charge in [-0.15, -0.1) is 0 Å². The minimum absolute atomic E-state index is 0.00232. The summed E-state index contributed by atoms with van der Waals surface area (Å²) < 4.78 is 12.9. The minimum Gasteiger partial charge on any atom is -0.424 e. The summed E-state index contributed by atoms with van der Waals surface area (Å²) in [5, 5.41) is 19.8. The van der Waals surface area contributed by atoms with Gasteiger partial charge in [-0.3, -0.25) is 14.3 Å². The van der Waals surface area contributed by atoms with Gasteiger partial charge in [0.1, 0.15) is 18.1 Å². The van der Waals surface area contributed by atoms with Crippen LogP contribution < -0.4 is 16.0 Å². The first-order valence-electron chi connectivity index (χ1n) is 8.12. The number of aromatic amines is 1. The van der Waals surface area contributed by atoms with E-state index in [0.717, 1.165) is 0 Å². The van der Waals surface area contributed by atoms with Gasteiger partial charge in [-0.05, 0) is 12.1 Å². The number of aromatic nitrogens is 4. The van der Waals surface area contributed by atoms with Crippen molar-refractivity contribution in [3.8, 4) is 11.8 Å². The van der Waals surface area contributed by atoms with Gasteiger partial charge < -0.3 is 25.4 Å². The highest BCUT2D eigenvalue weighted by atomic mass is 35.5. The number of hydrogen-bond donors (Lipinski definition) is 4. The Kier molecular flexibility index (Phi) is 4.48. The van der Waals surface area contributed by atoms with Gasteiger partial charge in [0.25, 0.3) is 5.56 Å². The van der Waals surface area contributed by atoms with E-state index in [9.17, 15) is 15.0 Å². The molecule has 1 aliphatic heterocycles. The zero-order valence-electron chi connectivity index (χ0n) is 13.9. The molecule has 4 rings (SSSR count). The maximum Gasteiger partial charge on any atom is 0.306 e. The Labute approximate surface area is 157 Å². The number of aliphatic hydroxyl groups is 2. The fraction of sp³-hybridized carbons (Fsp3) is 0.312. The number of H-pyrrole nitrogens is 1. The number of halogens is 1. The second kappa shape index (κ2) is 6.82. The lowest BCUT2D eigenvalue weighted by molar-refractivity contribution is -0.0447. The Hall–Kier alpha value is -2.66. The van der Waals surface area contributed by atoms with Crippen LogP contribution in [0.25, 0.3) is 11.2 Å². The van der Waals surface area contributed by atoms with E-state index in [2.05, 4.69) is 15.0 Å². The van der Waals surface area contributed by atoms with Gasteiger partial charge in [0.15, 0.2) is 11.2 Å². The average Bonchev–Trinajstić information content (AvgIpc) is 3.17. The standard InChI is InChI=1S/C16H16ClN5O5/c17-7-3-1-2-4-9(7)27-16-19-12-13(20-15(18)21-14(12)25)22(16)11-5-8(24)10(6-23)26-11/h1-4,8,10-11,23-24H,5-6H2,(H3,18,20,21,25)/t8-,10+,11+/m0/s1. The third-order valence-corrected chi connectivity index (χ3v) is 4.56. The molecule has 142 valence electrons. The highest BCUT2D eigenvalue weighted by Gasteiger charge is 2.37. The number of nitrogens with zero attached hydrogens (tertiary/aromatic N) is 3. The summed E-state index contributed by atoms with van der Waals surface area (Å²) in [5.74, 6) is 0.215. The van der Waals surface area contributed by atoms with Crippen molar-refractivity contribution in [2.24, 2.45) is 0 Å². The summed E-state index contributed by atoms with van der Waals surface area (Å²) in [6.45, 7) is -0.360. The van der Waals surface area contributed by atoms with Crippen molar-refractivity contribution < 1.29 is 19.7 Å². The molecule has 1 aliphatic rings. The lowest BCUT2D eigenvalue weighted by atomic mass is 10.2. The molecule has 1 aromatic carbocycles. The summed E-state index contributed by atoms with van der Waals surface area (Å²) in [6, 6.07) is 6.75. The van der Waals surface area contributed by atoms with Gasteiger partial charge in [-0.25, -0.2) is 0 Å². The van der Waals surface area contributed by atoms with Crippen LogP contribution in [0.4, 0.5) is 5.95 Å². The van der Waals surface area contributed by atoms with Crippen molar-refractivity contribution in [1.29, 1.82) is 0 Å². The van der Waals surface area contributed by atoms with E-state index in [1.165, 1.54) is 4.57 Å². The van der Waals surface area contributed by atoms with Crippen LogP contribution in [0.2, 0.25) is 5.02 Å². The van der Waals surface area contributed by atoms with Crippen LogP contribution in [0.15, 0.2) is 29.1 Å². The molecule has 5 N–H and O–H groups in total. The molecule has 0 aliphatic carbocycles. The normalized spacial score (nSPS) is 22.4. The Morgan fingerprint density at radius 1 is 1.41 bits per heavy atom. The molecule has 1 saturated heterocycles. The van der Waals surface area contributed by atoms with Crippen molar-refractivity contribution in [2.75, 3.05) is 12.3 Å². The smallest absolute Gasteiger partial charge is 0.306 e. The predicted octanol–water partition coefficient (Wildman–Crippen LogP) is 0.788. The number of para-hydroxylation sites is 1. The summed E-state index contributed by atoms with van der Waals surface area (Å²) in [6.07, 6.45) is -2.30. The summed E-state index contributed by atoms with van der Waals surface area (Å²) in [4.78, 5) is 22.9. The topological polar surface area (TPSA) is 149 Å². The molecule has 0 amide bonds. The molecule has 0 unspecified atom stereocenters. The lowest BCUT2D eigenvalue weighted by Gasteiger charge is -2.16. The quantitative estimate of drug-likeness (QED) is 0.508. The number of aliphatic hydroxyl groups excluding tert-OH is 2. The Morgan fingerprint density at radius 2 is 2.19 bits per heavy atom. The molecule has 1 fully saturated rings. The molecule has 0 radical (unpaired) electrons. The monoisotopic (exact) mass is 393 g/mol. The van der Waals surface area contributed by atoms with Crippen LogP contribution in [0.5, 0.6) is 11.8 Å². The molecular weight excluding hydrogens is 378 g/mol. The van der Waals surface area contributed by atoms with Gasteiger partial charge in [0, 0.05) is 6.42 Å². The van der Waals surface area contributed by atoms with Crippen molar-refractivity contribution in [1.82, 2.24) is 19.5 Å². The average molecular weight is 394 g/mol. The highest BCUT2D eigenvalue weighted by molar-refractivity contribution is 6.32. The number of anilines is 1. The molecule has 2 aromatic heterocycles. The number of imidazole rings is 1. The highest BCUT2D eigenvalue weighted by Crippen LogP contribution is 2.37. The van der Waals surface area contributed by atoms with Gasteiger partial charge >= 0.3 is 6.01 Å². The van der Waals surface area contributed by atoms with Crippen molar-refractivity contribution in [2.45, 2.75) is 24.9 Å². The Balaban J connectivity index is 1.86. The molecule has 10 nitrogen and oxygen atoms in total. The number of nitrogen functional groups attached to an aromatic ring is 1.